The highest BCUT2D eigenvalue weighted by atomic mass is 32.2. The van der Waals surface area contributed by atoms with Gasteiger partial charge in [-0.1, -0.05) is 12.8 Å². The van der Waals surface area contributed by atoms with Crippen LogP contribution in [0.1, 0.15) is 48.5 Å². The summed E-state index contributed by atoms with van der Waals surface area (Å²) >= 11 is 0. The number of hydrogen-bond donors (Lipinski definition) is 0. The second-order valence-electron chi connectivity index (χ2n) is 7.58. The number of rotatable bonds is 6. The molecule has 2 aliphatic heterocycles. The van der Waals surface area contributed by atoms with E-state index in [1.807, 2.05) is 12.1 Å². The standard InChI is InChI=1S/C20H31N3O4S/c1-17(24)18-7-8-20(27-2)19(15-18)16-21-11-13-23(14-12-21)28(25,26)22-9-5-3-4-6-10-22/h7-8,15H,3-6,9-14,16H2,1-2H3. The van der Waals surface area contributed by atoms with E-state index in [1.165, 1.54) is 0 Å². The van der Waals surface area contributed by atoms with Crippen molar-refractivity contribution in [2.45, 2.75) is 39.2 Å². The van der Waals surface area contributed by atoms with E-state index >= 15 is 0 Å². The van der Waals surface area contributed by atoms with Crippen LogP contribution in [0.25, 0.3) is 0 Å². The van der Waals surface area contributed by atoms with Crippen LogP contribution in [0.15, 0.2) is 18.2 Å². The zero-order chi connectivity index (χ0) is 20.1. The first-order valence-electron chi connectivity index (χ1n) is 10.1. The minimum Gasteiger partial charge on any atom is -0.496 e. The Balaban J connectivity index is 1.62. The zero-order valence-corrected chi connectivity index (χ0v) is 17.7. The number of carbonyl (C=O) groups excluding carboxylic acids is 1. The number of ether oxygens (including phenoxy) is 1. The van der Waals surface area contributed by atoms with Gasteiger partial charge < -0.3 is 4.74 Å². The van der Waals surface area contributed by atoms with Crippen LogP contribution in [0.3, 0.4) is 0 Å². The Morgan fingerprint density at radius 2 is 1.57 bits per heavy atom. The van der Waals surface area contributed by atoms with E-state index in [4.69, 9.17) is 4.74 Å². The number of benzene rings is 1. The van der Waals surface area contributed by atoms with E-state index < -0.39 is 10.2 Å². The summed E-state index contributed by atoms with van der Waals surface area (Å²) in [6.45, 7) is 5.79. The molecule has 0 spiro atoms. The monoisotopic (exact) mass is 409 g/mol. The fourth-order valence-corrected chi connectivity index (χ4v) is 5.59. The largest absolute Gasteiger partial charge is 0.496 e. The molecule has 2 aliphatic rings. The van der Waals surface area contributed by atoms with Crippen LogP contribution in [0.5, 0.6) is 5.75 Å². The predicted molar refractivity (Wildman–Crippen MR) is 109 cm³/mol. The predicted octanol–water partition coefficient (Wildman–Crippen LogP) is 2.14. The minimum absolute atomic E-state index is 0.0252. The molecular weight excluding hydrogens is 378 g/mol. The van der Waals surface area contributed by atoms with Gasteiger partial charge in [-0.05, 0) is 38.0 Å². The number of nitrogens with zero attached hydrogens (tertiary/aromatic N) is 3. The molecule has 0 radical (unpaired) electrons. The molecule has 1 aromatic rings. The van der Waals surface area contributed by atoms with Crippen molar-refractivity contribution in [3.05, 3.63) is 29.3 Å². The second-order valence-corrected chi connectivity index (χ2v) is 9.51. The Bertz CT molecular complexity index is 781. The molecule has 0 amide bonds. The van der Waals surface area contributed by atoms with Gasteiger partial charge in [0.2, 0.25) is 0 Å². The molecule has 0 unspecified atom stereocenters. The molecule has 0 aliphatic carbocycles. The molecule has 0 aromatic heterocycles. The number of hydrogen-bond acceptors (Lipinski definition) is 5. The normalized spacial score (nSPS) is 20.6. The van der Waals surface area contributed by atoms with Gasteiger partial charge in [0.25, 0.3) is 10.2 Å². The average Bonchev–Trinajstić information content (AvgIpc) is 2.98. The number of piperazine rings is 1. The molecule has 8 heteroatoms. The van der Waals surface area contributed by atoms with Gasteiger partial charge in [0.1, 0.15) is 5.75 Å². The van der Waals surface area contributed by atoms with Crippen molar-refractivity contribution in [3.63, 3.8) is 0 Å². The van der Waals surface area contributed by atoms with Crippen LogP contribution in [0.2, 0.25) is 0 Å². The number of ketones is 1. The van der Waals surface area contributed by atoms with E-state index in [1.54, 1.807) is 28.7 Å². The Labute approximate surface area is 168 Å². The molecule has 3 rings (SSSR count). The van der Waals surface area contributed by atoms with E-state index in [9.17, 15) is 13.2 Å². The van der Waals surface area contributed by atoms with Gasteiger partial charge in [-0.2, -0.15) is 17.0 Å². The smallest absolute Gasteiger partial charge is 0.282 e. The van der Waals surface area contributed by atoms with Gasteiger partial charge in [-0.3, -0.25) is 9.69 Å². The van der Waals surface area contributed by atoms with Crippen molar-refractivity contribution < 1.29 is 17.9 Å². The van der Waals surface area contributed by atoms with Crippen molar-refractivity contribution >= 4 is 16.0 Å². The van der Waals surface area contributed by atoms with E-state index in [2.05, 4.69) is 4.90 Å². The fraction of sp³-hybridized carbons (Fsp3) is 0.650. The lowest BCUT2D eigenvalue weighted by Crippen LogP contribution is -2.52. The maximum Gasteiger partial charge on any atom is 0.282 e. The SMILES string of the molecule is COc1ccc(C(C)=O)cc1CN1CCN(S(=O)(=O)N2CCCCCC2)CC1. The van der Waals surface area contributed by atoms with E-state index in [-0.39, 0.29) is 5.78 Å². The Morgan fingerprint density at radius 1 is 0.964 bits per heavy atom. The molecule has 0 atom stereocenters. The third-order valence-electron chi connectivity index (χ3n) is 5.63. The molecule has 156 valence electrons. The minimum atomic E-state index is -3.36. The van der Waals surface area contributed by atoms with Gasteiger partial charge in [0.05, 0.1) is 7.11 Å². The third kappa shape index (κ3) is 4.92. The van der Waals surface area contributed by atoms with Crippen molar-refractivity contribution in [3.8, 4) is 5.75 Å². The van der Waals surface area contributed by atoms with Crippen molar-refractivity contribution in [1.82, 2.24) is 13.5 Å². The van der Waals surface area contributed by atoms with Gasteiger partial charge in [0.15, 0.2) is 5.78 Å². The van der Waals surface area contributed by atoms with Crippen LogP contribution in [0.4, 0.5) is 0 Å². The molecule has 0 saturated carbocycles. The fourth-order valence-electron chi connectivity index (χ4n) is 3.92. The van der Waals surface area contributed by atoms with Gasteiger partial charge >= 0.3 is 0 Å². The number of carbonyl (C=O) groups is 1. The van der Waals surface area contributed by atoms with Crippen LogP contribution in [0, 0.1) is 0 Å². The van der Waals surface area contributed by atoms with Crippen molar-refractivity contribution in [2.24, 2.45) is 0 Å². The van der Waals surface area contributed by atoms with Crippen LogP contribution < -0.4 is 4.74 Å². The van der Waals surface area contributed by atoms with Gasteiger partial charge in [0, 0.05) is 56.9 Å². The first-order valence-corrected chi connectivity index (χ1v) is 11.5. The maximum atomic E-state index is 13.0. The highest BCUT2D eigenvalue weighted by Crippen LogP contribution is 2.24. The summed E-state index contributed by atoms with van der Waals surface area (Å²) in [5.41, 5.74) is 1.62. The quantitative estimate of drug-likeness (QED) is 0.673. The van der Waals surface area contributed by atoms with Crippen LogP contribution in [-0.4, -0.2) is 74.1 Å². The lowest BCUT2D eigenvalue weighted by Gasteiger charge is -2.36. The van der Waals surface area contributed by atoms with E-state index in [0.29, 0.717) is 51.4 Å². The highest BCUT2D eigenvalue weighted by Gasteiger charge is 2.32. The molecule has 2 saturated heterocycles. The lowest BCUT2D eigenvalue weighted by molar-refractivity contribution is 0.101. The second kappa shape index (κ2) is 9.35. The molecule has 1 aromatic carbocycles. The highest BCUT2D eigenvalue weighted by molar-refractivity contribution is 7.86. The molecular formula is C20H31N3O4S. The van der Waals surface area contributed by atoms with E-state index in [0.717, 1.165) is 37.0 Å². The summed E-state index contributed by atoms with van der Waals surface area (Å²) in [6.07, 6.45) is 4.12. The molecule has 7 nitrogen and oxygen atoms in total. The molecule has 0 N–H and O–H groups in total. The number of methoxy groups -OCH3 is 1. The Kier molecular flexibility index (Phi) is 7.09. The van der Waals surface area contributed by atoms with Crippen LogP contribution >= 0.6 is 0 Å². The first-order chi connectivity index (χ1) is 13.4. The van der Waals surface area contributed by atoms with Gasteiger partial charge in [-0.25, -0.2) is 0 Å². The van der Waals surface area contributed by atoms with Crippen molar-refractivity contribution in [1.29, 1.82) is 0 Å². The Morgan fingerprint density at radius 3 is 2.14 bits per heavy atom. The molecule has 28 heavy (non-hydrogen) atoms. The Hall–Kier alpha value is -1.48. The van der Waals surface area contributed by atoms with Crippen LogP contribution in [-0.2, 0) is 16.8 Å². The zero-order valence-electron chi connectivity index (χ0n) is 16.9. The maximum absolute atomic E-state index is 13.0. The molecule has 2 fully saturated rings. The summed E-state index contributed by atoms with van der Waals surface area (Å²) in [5, 5.41) is 0. The first kappa shape index (κ1) is 21.2. The summed E-state index contributed by atoms with van der Waals surface area (Å²) in [6, 6.07) is 5.48. The summed E-state index contributed by atoms with van der Waals surface area (Å²) in [7, 11) is -1.74. The summed E-state index contributed by atoms with van der Waals surface area (Å²) in [5.74, 6) is 0.780. The summed E-state index contributed by atoms with van der Waals surface area (Å²) < 4.78 is 34.6. The summed E-state index contributed by atoms with van der Waals surface area (Å²) in [4.78, 5) is 13.9. The lowest BCUT2D eigenvalue weighted by atomic mass is 10.1. The van der Waals surface area contributed by atoms with Gasteiger partial charge in [-0.15, -0.1) is 0 Å². The third-order valence-corrected chi connectivity index (χ3v) is 7.67. The van der Waals surface area contributed by atoms with Crippen molar-refractivity contribution in [2.75, 3.05) is 46.4 Å². The average molecular weight is 410 g/mol. The topological polar surface area (TPSA) is 70.2 Å². The molecule has 2 heterocycles. The number of Topliss-reactive ketones (excluding diaryl/α,β-unsaturated/α-hetero) is 1. The molecule has 0 bridgehead atoms.